The Balaban J connectivity index is 2.38. The zero-order valence-corrected chi connectivity index (χ0v) is 15.9. The highest BCUT2D eigenvalue weighted by Crippen LogP contribution is 2.31. The molecule has 0 bridgehead atoms. The highest BCUT2D eigenvalue weighted by atomic mass is 79.9. The van der Waals surface area contributed by atoms with Crippen LogP contribution < -0.4 is 5.32 Å². The zero-order chi connectivity index (χ0) is 14.5. The van der Waals surface area contributed by atoms with Crippen LogP contribution >= 0.6 is 47.8 Å². The summed E-state index contributed by atoms with van der Waals surface area (Å²) in [7, 11) is 0. The first kappa shape index (κ1) is 16.2. The summed E-state index contributed by atoms with van der Waals surface area (Å²) in [5.74, 6) is 0. The van der Waals surface area contributed by atoms with Gasteiger partial charge in [0.05, 0.1) is 6.04 Å². The Morgan fingerprint density at radius 3 is 2.20 bits per heavy atom. The third kappa shape index (κ3) is 4.17. The van der Waals surface area contributed by atoms with Crippen LogP contribution in [0.4, 0.5) is 0 Å². The van der Waals surface area contributed by atoms with Crippen LogP contribution in [0.2, 0.25) is 0 Å². The molecule has 0 aromatic heterocycles. The second-order valence-electron chi connectivity index (χ2n) is 4.60. The van der Waals surface area contributed by atoms with Crippen LogP contribution in [0, 0.1) is 0 Å². The van der Waals surface area contributed by atoms with Crippen LogP contribution in [0.1, 0.15) is 30.5 Å². The monoisotopic (exact) mass is 459 g/mol. The maximum absolute atomic E-state index is 3.67. The van der Waals surface area contributed by atoms with E-state index in [0.29, 0.717) is 0 Å². The summed E-state index contributed by atoms with van der Waals surface area (Å²) in [5.41, 5.74) is 2.52. The summed E-state index contributed by atoms with van der Waals surface area (Å²) < 4.78 is 3.30. The van der Waals surface area contributed by atoms with E-state index in [4.69, 9.17) is 0 Å². The average molecular weight is 462 g/mol. The number of benzene rings is 2. The van der Waals surface area contributed by atoms with Crippen LogP contribution in [0.5, 0.6) is 0 Å². The summed E-state index contributed by atoms with van der Waals surface area (Å²) in [4.78, 5) is 0. The molecule has 0 aliphatic heterocycles. The standard InChI is InChI=1S/C16H16Br3N/c1-2-9-20-16(11-3-5-12(17)6-4-11)14-8-7-13(18)10-15(14)19/h3-8,10,16,20H,2,9H2,1H3. The smallest absolute Gasteiger partial charge is 0.0587 e. The van der Waals surface area contributed by atoms with Gasteiger partial charge in [-0.05, 0) is 48.4 Å². The maximum Gasteiger partial charge on any atom is 0.0587 e. The molecule has 2 aromatic rings. The molecule has 0 aliphatic rings. The average Bonchev–Trinajstić information content (AvgIpc) is 2.42. The van der Waals surface area contributed by atoms with Gasteiger partial charge >= 0.3 is 0 Å². The van der Waals surface area contributed by atoms with E-state index in [9.17, 15) is 0 Å². The van der Waals surface area contributed by atoms with E-state index in [1.54, 1.807) is 0 Å². The van der Waals surface area contributed by atoms with E-state index in [-0.39, 0.29) is 6.04 Å². The quantitative estimate of drug-likeness (QED) is 0.570. The van der Waals surface area contributed by atoms with Crippen molar-refractivity contribution >= 4 is 47.8 Å². The van der Waals surface area contributed by atoms with Gasteiger partial charge in [-0.2, -0.15) is 0 Å². The van der Waals surface area contributed by atoms with Gasteiger partial charge in [0.2, 0.25) is 0 Å². The lowest BCUT2D eigenvalue weighted by atomic mass is 9.98. The van der Waals surface area contributed by atoms with Gasteiger partial charge < -0.3 is 5.32 Å². The van der Waals surface area contributed by atoms with Gasteiger partial charge in [0, 0.05) is 13.4 Å². The number of hydrogen-bond donors (Lipinski definition) is 1. The predicted octanol–water partition coefficient (Wildman–Crippen LogP) is 6.06. The second kappa shape index (κ2) is 7.74. The van der Waals surface area contributed by atoms with Gasteiger partial charge in [-0.1, -0.05) is 72.9 Å². The highest BCUT2D eigenvalue weighted by molar-refractivity contribution is 9.11. The van der Waals surface area contributed by atoms with Crippen molar-refractivity contribution < 1.29 is 0 Å². The van der Waals surface area contributed by atoms with E-state index in [2.05, 4.69) is 102 Å². The first-order valence-corrected chi connectivity index (χ1v) is 8.93. The van der Waals surface area contributed by atoms with Gasteiger partial charge in [0.15, 0.2) is 0 Å². The molecule has 0 spiro atoms. The van der Waals surface area contributed by atoms with Crippen LogP contribution in [0.15, 0.2) is 55.9 Å². The van der Waals surface area contributed by atoms with E-state index in [0.717, 1.165) is 26.4 Å². The molecule has 1 atom stereocenters. The molecule has 0 amide bonds. The SMILES string of the molecule is CCCNC(c1ccc(Br)cc1)c1ccc(Br)cc1Br. The fourth-order valence-corrected chi connectivity index (χ4v) is 3.63. The number of rotatable bonds is 5. The third-order valence-electron chi connectivity index (χ3n) is 3.08. The normalized spacial score (nSPS) is 12.4. The zero-order valence-electron chi connectivity index (χ0n) is 11.2. The van der Waals surface area contributed by atoms with Crippen molar-refractivity contribution in [3.05, 3.63) is 67.0 Å². The molecule has 0 saturated heterocycles. The minimum atomic E-state index is 0.200. The lowest BCUT2D eigenvalue weighted by Crippen LogP contribution is -2.23. The van der Waals surface area contributed by atoms with Crippen molar-refractivity contribution in [2.24, 2.45) is 0 Å². The Bertz CT molecular complexity index is 566. The van der Waals surface area contributed by atoms with Crippen LogP contribution in [0.3, 0.4) is 0 Å². The van der Waals surface area contributed by atoms with Crippen molar-refractivity contribution in [2.45, 2.75) is 19.4 Å². The summed E-state index contributed by atoms with van der Waals surface area (Å²) in [6, 6.07) is 15.0. The third-order valence-corrected chi connectivity index (χ3v) is 4.78. The molecule has 0 heterocycles. The molecule has 0 saturated carbocycles. The Labute approximate surface area is 145 Å². The Kier molecular flexibility index (Phi) is 6.27. The van der Waals surface area contributed by atoms with Crippen LogP contribution in [-0.4, -0.2) is 6.54 Å². The van der Waals surface area contributed by atoms with Gasteiger partial charge in [0.25, 0.3) is 0 Å². The minimum absolute atomic E-state index is 0.200. The molecule has 20 heavy (non-hydrogen) atoms. The molecule has 2 aromatic carbocycles. The van der Waals surface area contributed by atoms with Crippen molar-refractivity contribution in [1.82, 2.24) is 5.32 Å². The van der Waals surface area contributed by atoms with Crippen molar-refractivity contribution in [1.29, 1.82) is 0 Å². The molecular weight excluding hydrogens is 446 g/mol. The van der Waals surface area contributed by atoms with Crippen LogP contribution in [0.25, 0.3) is 0 Å². The summed E-state index contributed by atoms with van der Waals surface area (Å²) in [6.45, 7) is 3.17. The molecule has 1 nitrogen and oxygen atoms in total. The molecular formula is C16H16Br3N. The van der Waals surface area contributed by atoms with E-state index >= 15 is 0 Å². The van der Waals surface area contributed by atoms with Crippen molar-refractivity contribution in [2.75, 3.05) is 6.54 Å². The van der Waals surface area contributed by atoms with Crippen molar-refractivity contribution in [3.8, 4) is 0 Å². The van der Waals surface area contributed by atoms with Crippen LogP contribution in [-0.2, 0) is 0 Å². The van der Waals surface area contributed by atoms with Crippen molar-refractivity contribution in [3.63, 3.8) is 0 Å². The number of halogens is 3. The second-order valence-corrected chi connectivity index (χ2v) is 7.29. The first-order valence-electron chi connectivity index (χ1n) is 6.55. The van der Waals surface area contributed by atoms with Gasteiger partial charge in [0.1, 0.15) is 0 Å². The summed E-state index contributed by atoms with van der Waals surface area (Å²) in [6.07, 6.45) is 1.11. The first-order chi connectivity index (χ1) is 9.61. The Morgan fingerprint density at radius 2 is 1.60 bits per heavy atom. The molecule has 1 N–H and O–H groups in total. The minimum Gasteiger partial charge on any atom is -0.306 e. The van der Waals surface area contributed by atoms with Gasteiger partial charge in [-0.25, -0.2) is 0 Å². The van der Waals surface area contributed by atoms with Gasteiger partial charge in [-0.15, -0.1) is 0 Å². The topological polar surface area (TPSA) is 12.0 Å². The maximum atomic E-state index is 3.67. The Morgan fingerprint density at radius 1 is 0.950 bits per heavy atom. The summed E-state index contributed by atoms with van der Waals surface area (Å²) in [5, 5.41) is 3.62. The molecule has 0 aliphatic carbocycles. The molecule has 0 radical (unpaired) electrons. The lowest BCUT2D eigenvalue weighted by Gasteiger charge is -2.21. The summed E-state index contributed by atoms with van der Waals surface area (Å²) >= 11 is 10.7. The van der Waals surface area contributed by atoms with E-state index in [1.807, 2.05) is 0 Å². The van der Waals surface area contributed by atoms with Gasteiger partial charge in [-0.3, -0.25) is 0 Å². The Hall–Kier alpha value is -0.160. The highest BCUT2D eigenvalue weighted by Gasteiger charge is 2.16. The molecule has 1 unspecified atom stereocenters. The van der Waals surface area contributed by atoms with E-state index < -0.39 is 0 Å². The molecule has 2 rings (SSSR count). The molecule has 106 valence electrons. The number of nitrogens with one attached hydrogen (secondary N) is 1. The largest absolute Gasteiger partial charge is 0.306 e. The molecule has 0 fully saturated rings. The number of hydrogen-bond acceptors (Lipinski definition) is 1. The van der Waals surface area contributed by atoms with E-state index in [1.165, 1.54) is 11.1 Å². The fraction of sp³-hybridized carbons (Fsp3) is 0.250. The lowest BCUT2D eigenvalue weighted by molar-refractivity contribution is 0.597. The fourth-order valence-electron chi connectivity index (χ4n) is 2.09. The predicted molar refractivity (Wildman–Crippen MR) is 96.1 cm³/mol. The molecule has 4 heteroatoms.